The average molecular weight is 251 g/mol. The number of nitrogens with one attached hydrogen (secondary N) is 1. The van der Waals surface area contributed by atoms with Crippen LogP contribution in [0.5, 0.6) is 0 Å². The zero-order valence-corrected chi connectivity index (χ0v) is 9.74. The van der Waals surface area contributed by atoms with Gasteiger partial charge in [-0.1, -0.05) is 11.6 Å². The smallest absolute Gasteiger partial charge is 0.251 e. The number of aromatic amines is 1. The normalized spacial score (nSPS) is 10.5. The summed E-state index contributed by atoms with van der Waals surface area (Å²) in [6, 6.07) is 4.83. The molecule has 0 aliphatic heterocycles. The molecule has 3 N–H and O–H groups in total. The molecule has 0 saturated heterocycles. The van der Waals surface area contributed by atoms with Crippen molar-refractivity contribution >= 4 is 11.6 Å². The molecule has 0 aliphatic carbocycles. The molecule has 0 saturated carbocycles. The molecule has 0 bridgehead atoms. The lowest BCUT2D eigenvalue weighted by atomic mass is 10.2. The molecular weight excluding hydrogens is 240 g/mol. The van der Waals surface area contributed by atoms with Crippen LogP contribution in [0.3, 0.4) is 0 Å². The van der Waals surface area contributed by atoms with Crippen LogP contribution >= 0.6 is 11.6 Å². The van der Waals surface area contributed by atoms with Gasteiger partial charge in [-0.3, -0.25) is 9.78 Å². The third kappa shape index (κ3) is 2.89. The first-order valence-electron chi connectivity index (χ1n) is 5.11. The molecule has 0 unspecified atom stereocenters. The Labute approximate surface area is 103 Å². The summed E-state index contributed by atoms with van der Waals surface area (Å²) < 4.78 is 0. The molecule has 5 nitrogen and oxygen atoms in total. The van der Waals surface area contributed by atoms with E-state index in [0.717, 1.165) is 0 Å². The summed E-state index contributed by atoms with van der Waals surface area (Å²) in [5.74, 6) is 0.428. The monoisotopic (exact) mass is 250 g/mol. The highest BCUT2D eigenvalue weighted by Gasteiger charge is 2.04. The lowest BCUT2D eigenvalue weighted by Crippen LogP contribution is -2.13. The summed E-state index contributed by atoms with van der Waals surface area (Å²) in [6.45, 7) is 0.448. The minimum atomic E-state index is -0.213. The van der Waals surface area contributed by atoms with Gasteiger partial charge in [0, 0.05) is 24.4 Å². The topological polar surface area (TPSA) is 84.7 Å². The third-order valence-corrected chi connectivity index (χ3v) is 2.39. The highest BCUT2D eigenvalue weighted by atomic mass is 35.5. The fourth-order valence-electron chi connectivity index (χ4n) is 1.42. The number of hydrogen-bond acceptors (Lipinski definition) is 4. The molecule has 2 heterocycles. The molecule has 0 aromatic carbocycles. The van der Waals surface area contributed by atoms with E-state index in [0.29, 0.717) is 35.2 Å². The summed E-state index contributed by atoms with van der Waals surface area (Å²) >= 11 is 5.74. The first-order valence-corrected chi connectivity index (χ1v) is 5.49. The minimum absolute atomic E-state index is 0.213. The second kappa shape index (κ2) is 5.07. The number of halogens is 1. The van der Waals surface area contributed by atoms with E-state index in [1.807, 2.05) is 0 Å². The molecule has 17 heavy (non-hydrogen) atoms. The molecule has 2 aromatic rings. The van der Waals surface area contributed by atoms with Crippen LogP contribution in [-0.4, -0.2) is 21.5 Å². The number of nitrogens with two attached hydrogens (primary N) is 1. The van der Waals surface area contributed by atoms with Gasteiger partial charge >= 0.3 is 0 Å². The average Bonchev–Trinajstić information content (AvgIpc) is 2.29. The van der Waals surface area contributed by atoms with Crippen molar-refractivity contribution in [2.24, 2.45) is 5.73 Å². The van der Waals surface area contributed by atoms with Gasteiger partial charge < -0.3 is 10.7 Å². The lowest BCUT2D eigenvalue weighted by molar-refractivity contribution is 0.903. The van der Waals surface area contributed by atoms with Crippen molar-refractivity contribution < 1.29 is 0 Å². The standard InChI is InChI=1S/C11H11ClN4O/c12-7-1-2-9(14-6-7)11-15-8(3-4-13)5-10(17)16-11/h1-2,5-6H,3-4,13H2,(H,15,16,17). The Morgan fingerprint density at radius 3 is 2.88 bits per heavy atom. The van der Waals surface area contributed by atoms with E-state index in [4.69, 9.17) is 17.3 Å². The van der Waals surface area contributed by atoms with E-state index in [1.54, 1.807) is 12.1 Å². The van der Waals surface area contributed by atoms with E-state index < -0.39 is 0 Å². The fourth-order valence-corrected chi connectivity index (χ4v) is 1.53. The van der Waals surface area contributed by atoms with Crippen LogP contribution in [0.15, 0.2) is 29.2 Å². The Balaban J connectivity index is 2.44. The van der Waals surface area contributed by atoms with Crippen LogP contribution in [0.1, 0.15) is 5.69 Å². The lowest BCUT2D eigenvalue weighted by Gasteiger charge is -2.02. The quantitative estimate of drug-likeness (QED) is 0.851. The van der Waals surface area contributed by atoms with Crippen molar-refractivity contribution in [1.29, 1.82) is 0 Å². The fraction of sp³-hybridized carbons (Fsp3) is 0.182. The maximum atomic E-state index is 11.4. The van der Waals surface area contributed by atoms with Crippen LogP contribution in [0.25, 0.3) is 11.5 Å². The number of nitrogens with zero attached hydrogens (tertiary/aromatic N) is 2. The largest absolute Gasteiger partial charge is 0.330 e. The minimum Gasteiger partial charge on any atom is -0.330 e. The Kier molecular flexibility index (Phi) is 3.51. The molecule has 0 fully saturated rings. The predicted molar refractivity (Wildman–Crippen MR) is 65.9 cm³/mol. The summed E-state index contributed by atoms with van der Waals surface area (Å²) in [4.78, 5) is 22.4. The van der Waals surface area contributed by atoms with Gasteiger partial charge in [0.05, 0.1) is 5.02 Å². The van der Waals surface area contributed by atoms with Crippen molar-refractivity contribution in [2.45, 2.75) is 6.42 Å². The van der Waals surface area contributed by atoms with Crippen LogP contribution in [0, 0.1) is 0 Å². The third-order valence-electron chi connectivity index (χ3n) is 2.17. The van der Waals surface area contributed by atoms with Gasteiger partial charge in [-0.05, 0) is 18.7 Å². The van der Waals surface area contributed by atoms with Crippen molar-refractivity contribution in [1.82, 2.24) is 15.0 Å². The molecule has 88 valence electrons. The van der Waals surface area contributed by atoms with E-state index in [1.165, 1.54) is 12.3 Å². The molecule has 0 aliphatic rings. The predicted octanol–water partition coefficient (Wildman–Crippen LogP) is 0.986. The SMILES string of the molecule is NCCc1cc(=O)[nH]c(-c2ccc(Cl)cn2)n1. The second-order valence-electron chi connectivity index (χ2n) is 3.49. The summed E-state index contributed by atoms with van der Waals surface area (Å²) in [5, 5.41) is 0.536. The van der Waals surface area contributed by atoms with Gasteiger partial charge in [-0.25, -0.2) is 4.98 Å². The molecule has 0 amide bonds. The second-order valence-corrected chi connectivity index (χ2v) is 3.92. The highest BCUT2D eigenvalue weighted by molar-refractivity contribution is 6.30. The van der Waals surface area contributed by atoms with Crippen molar-refractivity contribution in [2.75, 3.05) is 6.54 Å². The number of H-pyrrole nitrogens is 1. The Hall–Kier alpha value is -1.72. The number of rotatable bonds is 3. The van der Waals surface area contributed by atoms with Gasteiger partial charge in [0.25, 0.3) is 5.56 Å². The maximum Gasteiger partial charge on any atom is 0.251 e. The van der Waals surface area contributed by atoms with Gasteiger partial charge in [0.1, 0.15) is 5.69 Å². The van der Waals surface area contributed by atoms with Crippen molar-refractivity contribution in [3.63, 3.8) is 0 Å². The van der Waals surface area contributed by atoms with E-state index in [-0.39, 0.29) is 5.56 Å². The zero-order valence-electron chi connectivity index (χ0n) is 8.98. The van der Waals surface area contributed by atoms with E-state index in [9.17, 15) is 4.79 Å². The van der Waals surface area contributed by atoms with Gasteiger partial charge in [0.15, 0.2) is 5.82 Å². The molecule has 2 rings (SSSR count). The summed E-state index contributed by atoms with van der Waals surface area (Å²) in [5.41, 5.74) is 6.45. The molecular formula is C11H11ClN4O. The Morgan fingerprint density at radius 1 is 1.41 bits per heavy atom. The van der Waals surface area contributed by atoms with E-state index in [2.05, 4.69) is 15.0 Å². The Bertz CT molecular complexity index is 564. The highest BCUT2D eigenvalue weighted by Crippen LogP contribution is 2.13. The first-order chi connectivity index (χ1) is 8.19. The molecule has 6 heteroatoms. The number of aromatic nitrogens is 3. The van der Waals surface area contributed by atoms with E-state index >= 15 is 0 Å². The van der Waals surface area contributed by atoms with Crippen LogP contribution in [0.2, 0.25) is 5.02 Å². The van der Waals surface area contributed by atoms with Crippen LogP contribution in [-0.2, 0) is 6.42 Å². The first kappa shape index (κ1) is 11.8. The molecule has 0 spiro atoms. The zero-order chi connectivity index (χ0) is 12.3. The van der Waals surface area contributed by atoms with Crippen molar-refractivity contribution in [3.05, 3.63) is 45.5 Å². The number of pyridine rings is 1. The number of hydrogen-bond donors (Lipinski definition) is 2. The van der Waals surface area contributed by atoms with Crippen LogP contribution in [0.4, 0.5) is 0 Å². The molecule has 2 aromatic heterocycles. The van der Waals surface area contributed by atoms with Gasteiger partial charge in [-0.2, -0.15) is 0 Å². The Morgan fingerprint density at radius 2 is 2.24 bits per heavy atom. The molecule has 0 atom stereocenters. The van der Waals surface area contributed by atoms with Gasteiger partial charge in [0.2, 0.25) is 0 Å². The summed E-state index contributed by atoms with van der Waals surface area (Å²) in [6.07, 6.45) is 2.07. The van der Waals surface area contributed by atoms with Gasteiger partial charge in [-0.15, -0.1) is 0 Å². The van der Waals surface area contributed by atoms with Crippen molar-refractivity contribution in [3.8, 4) is 11.5 Å². The maximum absolute atomic E-state index is 11.4. The van der Waals surface area contributed by atoms with Crippen LogP contribution < -0.4 is 11.3 Å². The molecule has 0 radical (unpaired) electrons. The summed E-state index contributed by atoms with van der Waals surface area (Å²) in [7, 11) is 0.